The molecule has 4 aliphatic carbocycles. The van der Waals surface area contributed by atoms with E-state index in [4.69, 9.17) is 34.8 Å². The summed E-state index contributed by atoms with van der Waals surface area (Å²) >= 11 is 0. The average molecular weight is 1610 g/mol. The number of allylic oxidation sites excluding steroid dienone is 26. The fraction of sp³-hybridized carbons (Fsp3) is 0.381. The van der Waals surface area contributed by atoms with Gasteiger partial charge >= 0.3 is 11.9 Å². The Kier molecular flexibility index (Phi) is 20.9. The zero-order chi connectivity index (χ0) is 71.5. The second-order valence-electron chi connectivity index (χ2n) is 28.8. The zero-order valence-electron chi connectivity index (χ0n) is 61.3. The molecule has 532 valence electrons. The van der Waals surface area contributed by atoms with Gasteiger partial charge in [-0.15, -0.1) is 5.06 Å². The maximum absolute atomic E-state index is 13.2. The fourth-order valence-corrected chi connectivity index (χ4v) is 17.4. The van der Waals surface area contributed by atoms with Gasteiger partial charge in [-0.1, -0.05) is 41.5 Å². The van der Waals surface area contributed by atoms with E-state index in [2.05, 4.69) is 132 Å². The molecule has 2 amide bonds. The van der Waals surface area contributed by atoms with Crippen molar-refractivity contribution in [3.63, 3.8) is 0 Å². The van der Waals surface area contributed by atoms with Crippen molar-refractivity contribution in [1.82, 2.24) is 5.06 Å². The Bertz CT molecular complexity index is 4960. The summed E-state index contributed by atoms with van der Waals surface area (Å²) in [5.74, 6) is -2.26. The van der Waals surface area contributed by atoms with Crippen LogP contribution >= 0.6 is 0 Å². The summed E-state index contributed by atoms with van der Waals surface area (Å²) < 4.78 is 4.02. The maximum Gasteiger partial charge on any atom is 0.333 e. The molecule has 2 aromatic rings. The number of amides is 2. The van der Waals surface area contributed by atoms with Gasteiger partial charge in [-0.25, -0.2) is 33.9 Å². The van der Waals surface area contributed by atoms with Crippen LogP contribution in [0, 0.1) is 23.7 Å². The molecule has 17 nitrogen and oxygen atoms in total. The summed E-state index contributed by atoms with van der Waals surface area (Å²) in [4.78, 5) is 87.1. The standard InChI is InChI=1S/C44H45N5O5.C40H42N4O3.2HI/c1-8-28-23(4)33-21-35-29(9-2)24(5)42(46-35)41(26-14-16-48(7)17-15-26)43-25(6)30(10-13-39(53)54-49-37(51)11-12-38(49)52)44(47-43)32-20-36(50)40-22(3)27(18-31(32)40)19-34(28)45-33;1-8-26-21(4)31-19-33-27(9-2)22(5)38(42-33)37(24-12-14-44(7)15-13-24)39-23(6)28(10-11-35(46)47)40(43-39)30-18-34(45)36-20(3)25(16-29(30)36)17-32(26)41-31;;/h14-17,19,21,25,30H,8-13,18,20H2,1-7H3;12-15,17,19,23,28H,8-11,16,18H2,1-7H3,(H,46,47);2*1H/t25-,30-;23-,28-;;/m00../s1. The first-order chi connectivity index (χ1) is 48.4. The summed E-state index contributed by atoms with van der Waals surface area (Å²) in [7, 11) is 4.00. The van der Waals surface area contributed by atoms with Gasteiger partial charge < -0.3 is 68.1 Å². The second-order valence-corrected chi connectivity index (χ2v) is 28.8. The highest BCUT2D eigenvalue weighted by molar-refractivity contribution is 6.36. The van der Waals surface area contributed by atoms with Gasteiger partial charge in [-0.3, -0.25) is 24.4 Å². The third-order valence-corrected chi connectivity index (χ3v) is 23.0. The third kappa shape index (κ3) is 12.8. The molecule has 0 radical (unpaired) electrons. The number of imide groups is 1. The van der Waals surface area contributed by atoms with Crippen molar-refractivity contribution in [3.8, 4) is 0 Å². The Morgan fingerprint density at radius 3 is 1.24 bits per heavy atom. The van der Waals surface area contributed by atoms with E-state index in [1.54, 1.807) is 0 Å². The number of hydrogen-bond donors (Lipinski definition) is 3. The summed E-state index contributed by atoms with van der Waals surface area (Å²) in [5, 5.41) is 33.4. The number of aliphatic hydroxyl groups excluding tert-OH is 2. The molecular formula is C84H89I2N9O8. The Balaban J connectivity index is 0.000000192. The topological polar surface area (TPSA) is 223 Å². The minimum absolute atomic E-state index is 0. The molecule has 0 saturated carbocycles. The quantitative estimate of drug-likeness (QED) is 0.0992. The van der Waals surface area contributed by atoms with Crippen LogP contribution in [0.15, 0.2) is 249 Å². The lowest BCUT2D eigenvalue weighted by molar-refractivity contribution is -0.671. The first-order valence-electron chi connectivity index (χ1n) is 36.0. The molecule has 13 aliphatic rings. The number of hydroxylamine groups is 2. The van der Waals surface area contributed by atoms with E-state index in [1.807, 2.05) is 48.0 Å². The van der Waals surface area contributed by atoms with Crippen LogP contribution in [-0.2, 0) is 38.1 Å². The Labute approximate surface area is 637 Å². The number of rotatable bonds is 13. The smallest absolute Gasteiger partial charge is 0.333 e. The molecule has 4 atom stereocenters. The molecule has 19 heteroatoms. The number of halogens is 2. The number of carbonyl (C=O) groups excluding carboxylic acids is 3. The number of aromatic nitrogens is 2. The van der Waals surface area contributed by atoms with E-state index in [0.29, 0.717) is 55.1 Å². The van der Waals surface area contributed by atoms with Gasteiger partial charge in [0.15, 0.2) is 24.8 Å². The van der Waals surface area contributed by atoms with Crippen LogP contribution in [0.1, 0.15) is 184 Å². The van der Waals surface area contributed by atoms with Crippen molar-refractivity contribution in [2.75, 3.05) is 0 Å². The van der Waals surface area contributed by atoms with Gasteiger partial charge in [0, 0.05) is 120 Å². The first-order valence-corrected chi connectivity index (χ1v) is 36.0. The van der Waals surface area contributed by atoms with Gasteiger partial charge in [0.25, 0.3) is 11.8 Å². The number of hydrogen-bond acceptors (Lipinski definition) is 13. The number of aliphatic hydroxyl groups is 2. The highest BCUT2D eigenvalue weighted by Crippen LogP contribution is 2.54. The zero-order valence-corrected chi connectivity index (χ0v) is 65.6. The van der Waals surface area contributed by atoms with Crippen LogP contribution in [-0.4, -0.2) is 78.4 Å². The molecule has 15 rings (SSSR count). The fourth-order valence-electron chi connectivity index (χ4n) is 17.4. The Hall–Kier alpha value is -8.70. The third-order valence-electron chi connectivity index (χ3n) is 23.0. The monoisotopic (exact) mass is 1610 g/mol. The van der Waals surface area contributed by atoms with Crippen LogP contribution in [0.25, 0.3) is 11.1 Å². The van der Waals surface area contributed by atoms with Crippen molar-refractivity contribution < 1.29 is 96.4 Å². The molecule has 0 unspecified atom stereocenters. The van der Waals surface area contributed by atoms with Crippen molar-refractivity contribution in [1.29, 1.82) is 0 Å². The van der Waals surface area contributed by atoms with E-state index in [0.717, 1.165) is 194 Å². The number of nitrogens with zero attached hydrogens (tertiary/aromatic N) is 9. The van der Waals surface area contributed by atoms with E-state index >= 15 is 0 Å². The van der Waals surface area contributed by atoms with Crippen LogP contribution in [0.5, 0.6) is 0 Å². The van der Waals surface area contributed by atoms with Gasteiger partial charge in [0.1, 0.15) is 25.6 Å². The van der Waals surface area contributed by atoms with E-state index in [-0.39, 0.29) is 97.3 Å². The van der Waals surface area contributed by atoms with Crippen molar-refractivity contribution in [2.45, 2.75) is 173 Å². The normalized spacial score (nSPS) is 23.3. The second kappa shape index (κ2) is 29.1. The number of aryl methyl sites for hydroxylation is 2. The summed E-state index contributed by atoms with van der Waals surface area (Å²) in [6.45, 7) is 25.8. The minimum Gasteiger partial charge on any atom is -1.00 e. The molecule has 16 bridgehead atoms. The minimum atomic E-state index is -0.811. The number of carboxylic acids is 1. The van der Waals surface area contributed by atoms with Crippen LogP contribution in [0.4, 0.5) is 0 Å². The van der Waals surface area contributed by atoms with Crippen molar-refractivity contribution in [2.24, 2.45) is 67.7 Å². The van der Waals surface area contributed by atoms with Gasteiger partial charge in [0.05, 0.1) is 57.0 Å². The highest BCUT2D eigenvalue weighted by Gasteiger charge is 2.46. The molecular weight excluding hydrogens is 1520 g/mol. The lowest BCUT2D eigenvalue weighted by atomic mass is 9.80. The SMILES string of the molecule is CCC1=C(C)C2=NC1=CC1=C(C)C3=C(O)CC(=C3C1)C1=NC(=C(c3cc[n+](C)cc3)C3=NC(=C2)C(CC)=C3C)[C@@H](C)[C@@H]1CCC(=O)O.CCC1=C(C)C2=NC1=CC1=C(C)C3=C(O)CC(=C3C1)C1=NC(=C(c3cc[n+](C)cc3)C3=NC(=C2)C(CC)=C3C)[C@@H](C)[C@@H]1CCC(=O)ON1C(=O)CCC1=O.[I-].[I-]. The van der Waals surface area contributed by atoms with E-state index < -0.39 is 23.8 Å². The summed E-state index contributed by atoms with van der Waals surface area (Å²) in [6.07, 6.45) is 23.2. The molecule has 9 aliphatic heterocycles. The molecule has 2 aromatic heterocycles. The maximum atomic E-state index is 13.2. The van der Waals surface area contributed by atoms with E-state index in [9.17, 15) is 34.5 Å². The highest BCUT2D eigenvalue weighted by atomic mass is 127. The molecule has 0 aromatic carbocycles. The largest absolute Gasteiger partial charge is 1.00 e. The summed E-state index contributed by atoms with van der Waals surface area (Å²) in [5.41, 5.74) is 34.7. The van der Waals surface area contributed by atoms with E-state index in [1.165, 1.54) is 22.3 Å². The number of pyridine rings is 2. The van der Waals surface area contributed by atoms with Crippen molar-refractivity contribution >= 4 is 69.2 Å². The lowest BCUT2D eigenvalue weighted by Crippen LogP contribution is -3.00. The average Bonchev–Trinajstić information content (AvgIpc) is 1.58. The first kappa shape index (κ1) is 74.0. The predicted octanol–water partition coefficient (Wildman–Crippen LogP) is 9.87. The number of aliphatic imine (C=N–C) groups is 6. The number of aliphatic carboxylic acids is 1. The lowest BCUT2D eigenvalue weighted by Gasteiger charge is -2.21. The van der Waals surface area contributed by atoms with Crippen molar-refractivity contribution in [3.05, 3.63) is 231 Å². The molecule has 11 heterocycles. The number of fused-ring (bicyclic) bond motifs is 10. The predicted molar refractivity (Wildman–Crippen MR) is 394 cm³/mol. The molecule has 1 fully saturated rings. The number of carboxylic acid groups (broad SMARTS) is 1. The molecule has 3 N–H and O–H groups in total. The van der Waals surface area contributed by atoms with Gasteiger partial charge in [-0.05, 0) is 218 Å². The van der Waals surface area contributed by atoms with Gasteiger partial charge in [0.2, 0.25) is 0 Å². The van der Waals surface area contributed by atoms with Crippen LogP contribution in [0.2, 0.25) is 0 Å². The molecule has 0 spiro atoms. The molecule has 1 saturated heterocycles. The van der Waals surface area contributed by atoms with Crippen LogP contribution in [0.3, 0.4) is 0 Å². The molecule has 103 heavy (non-hydrogen) atoms. The Morgan fingerprint density at radius 1 is 0.495 bits per heavy atom. The van der Waals surface area contributed by atoms with Crippen LogP contribution < -0.4 is 57.1 Å². The van der Waals surface area contributed by atoms with Gasteiger partial charge in [-0.2, -0.15) is 0 Å². The Morgan fingerprint density at radius 2 is 0.864 bits per heavy atom. The number of carbonyl (C=O) groups is 4. The summed E-state index contributed by atoms with van der Waals surface area (Å²) in [6, 6.07) is 8.43.